The van der Waals surface area contributed by atoms with Crippen molar-refractivity contribution in [3.8, 4) is 0 Å². The van der Waals surface area contributed by atoms with Gasteiger partial charge >= 0.3 is 0 Å². The highest BCUT2D eigenvalue weighted by Crippen LogP contribution is 2.26. The highest BCUT2D eigenvalue weighted by molar-refractivity contribution is 5.48. The molecule has 2 aromatic rings. The van der Waals surface area contributed by atoms with Crippen LogP contribution in [-0.2, 0) is 0 Å². The summed E-state index contributed by atoms with van der Waals surface area (Å²) in [6.07, 6.45) is 5.36. The first kappa shape index (κ1) is 9.85. The quantitative estimate of drug-likeness (QED) is 0.726. The lowest BCUT2D eigenvalue weighted by molar-refractivity contribution is 0.409. The monoisotopic (exact) mass is 215 g/mol. The first-order valence-electron chi connectivity index (χ1n) is 5.86. The minimum Gasteiger partial charge on any atom is -0.306 e. The van der Waals surface area contributed by atoms with Crippen molar-refractivity contribution in [2.24, 2.45) is 0 Å². The molecule has 0 aliphatic carbocycles. The fourth-order valence-corrected chi connectivity index (χ4v) is 2.58. The predicted octanol–water partition coefficient (Wildman–Crippen LogP) is 2.06. The maximum atomic E-state index is 4.59. The summed E-state index contributed by atoms with van der Waals surface area (Å²) in [6, 6.07) is 4.34. The third kappa shape index (κ3) is 1.52. The highest BCUT2D eigenvalue weighted by atomic mass is 15.1. The Balaban J connectivity index is 2.04. The highest BCUT2D eigenvalue weighted by Gasteiger charge is 2.24. The molecule has 0 radical (unpaired) electrons. The van der Waals surface area contributed by atoms with E-state index in [-0.39, 0.29) is 0 Å². The lowest BCUT2D eigenvalue weighted by atomic mass is 10.1. The molecule has 1 saturated heterocycles. The van der Waals surface area contributed by atoms with Crippen LogP contribution >= 0.6 is 0 Å². The molecule has 0 spiro atoms. The van der Waals surface area contributed by atoms with Gasteiger partial charge in [-0.15, -0.1) is 0 Å². The Bertz CT molecular complexity index is 515. The van der Waals surface area contributed by atoms with Gasteiger partial charge in [-0.3, -0.25) is 0 Å². The van der Waals surface area contributed by atoms with Gasteiger partial charge in [0.25, 0.3) is 0 Å². The summed E-state index contributed by atoms with van der Waals surface area (Å²) in [4.78, 5) is 6.96. The molecular formula is C13H17N3. The standard InChI is InChI=1S/C13H17N3/c1-10-3-6-16-12(7-10)8-14-13(16)11-4-5-15(2)9-11/h3,6-8,11H,4-5,9H2,1-2H3. The third-order valence-corrected chi connectivity index (χ3v) is 3.47. The molecule has 0 N–H and O–H groups in total. The Morgan fingerprint density at radius 1 is 1.44 bits per heavy atom. The van der Waals surface area contributed by atoms with E-state index in [2.05, 4.69) is 46.6 Å². The Hall–Kier alpha value is -1.35. The van der Waals surface area contributed by atoms with Crippen LogP contribution in [0.15, 0.2) is 24.5 Å². The van der Waals surface area contributed by atoms with Crippen LogP contribution in [0.2, 0.25) is 0 Å². The van der Waals surface area contributed by atoms with Crippen molar-refractivity contribution < 1.29 is 0 Å². The second-order valence-electron chi connectivity index (χ2n) is 4.86. The van der Waals surface area contributed by atoms with Crippen molar-refractivity contribution in [3.05, 3.63) is 35.9 Å². The van der Waals surface area contributed by atoms with Crippen LogP contribution in [0.3, 0.4) is 0 Å². The first-order valence-corrected chi connectivity index (χ1v) is 5.86. The Morgan fingerprint density at radius 3 is 3.06 bits per heavy atom. The molecule has 3 nitrogen and oxygen atoms in total. The Kier molecular flexibility index (Phi) is 2.21. The molecule has 84 valence electrons. The second kappa shape index (κ2) is 3.59. The van der Waals surface area contributed by atoms with E-state index >= 15 is 0 Å². The largest absolute Gasteiger partial charge is 0.306 e. The number of aryl methyl sites for hydroxylation is 1. The zero-order valence-electron chi connectivity index (χ0n) is 9.85. The number of hydrogen-bond donors (Lipinski definition) is 0. The van der Waals surface area contributed by atoms with Gasteiger partial charge in [0.15, 0.2) is 0 Å². The van der Waals surface area contributed by atoms with Gasteiger partial charge in [0.05, 0.1) is 11.7 Å². The number of imidazole rings is 1. The summed E-state index contributed by atoms with van der Waals surface area (Å²) in [5.74, 6) is 1.81. The number of hydrogen-bond acceptors (Lipinski definition) is 2. The van der Waals surface area contributed by atoms with Crippen molar-refractivity contribution in [2.75, 3.05) is 20.1 Å². The van der Waals surface area contributed by atoms with Crippen LogP contribution in [-0.4, -0.2) is 34.4 Å². The van der Waals surface area contributed by atoms with E-state index in [4.69, 9.17) is 0 Å². The molecule has 1 unspecified atom stereocenters. The fraction of sp³-hybridized carbons (Fsp3) is 0.462. The molecule has 16 heavy (non-hydrogen) atoms. The van der Waals surface area contributed by atoms with Gasteiger partial charge in [0, 0.05) is 18.7 Å². The molecular weight excluding hydrogens is 198 g/mol. The van der Waals surface area contributed by atoms with Crippen LogP contribution in [0.1, 0.15) is 23.7 Å². The van der Waals surface area contributed by atoms with Crippen molar-refractivity contribution in [3.63, 3.8) is 0 Å². The molecule has 1 aliphatic heterocycles. The van der Waals surface area contributed by atoms with Gasteiger partial charge in [-0.05, 0) is 44.6 Å². The molecule has 0 aromatic carbocycles. The number of fused-ring (bicyclic) bond motifs is 1. The first-order chi connectivity index (χ1) is 7.74. The van der Waals surface area contributed by atoms with E-state index in [0.29, 0.717) is 5.92 Å². The maximum absolute atomic E-state index is 4.59. The van der Waals surface area contributed by atoms with Gasteiger partial charge in [-0.25, -0.2) is 4.98 Å². The van der Waals surface area contributed by atoms with Gasteiger partial charge in [0.1, 0.15) is 5.82 Å². The van der Waals surface area contributed by atoms with E-state index in [1.54, 1.807) is 0 Å². The summed E-state index contributed by atoms with van der Waals surface area (Å²) < 4.78 is 2.23. The number of likely N-dealkylation sites (N-methyl/N-ethyl adjacent to an activating group) is 1. The lowest BCUT2D eigenvalue weighted by Gasteiger charge is -2.09. The van der Waals surface area contributed by atoms with Crippen LogP contribution in [0, 0.1) is 6.92 Å². The summed E-state index contributed by atoms with van der Waals surface area (Å²) in [7, 11) is 2.18. The minimum absolute atomic E-state index is 0.593. The smallest absolute Gasteiger partial charge is 0.117 e. The summed E-state index contributed by atoms with van der Waals surface area (Å²) in [6.45, 7) is 4.44. The van der Waals surface area contributed by atoms with Crippen LogP contribution in [0.25, 0.3) is 5.52 Å². The van der Waals surface area contributed by atoms with Gasteiger partial charge in [0.2, 0.25) is 0 Å². The zero-order chi connectivity index (χ0) is 11.1. The van der Waals surface area contributed by atoms with E-state index < -0.39 is 0 Å². The summed E-state index contributed by atoms with van der Waals surface area (Å²) >= 11 is 0. The molecule has 1 fully saturated rings. The topological polar surface area (TPSA) is 20.5 Å². The molecule has 2 aromatic heterocycles. The molecule has 3 rings (SSSR count). The van der Waals surface area contributed by atoms with E-state index in [1.165, 1.54) is 29.9 Å². The molecule has 3 heterocycles. The summed E-state index contributed by atoms with van der Waals surface area (Å²) in [5.41, 5.74) is 2.51. The number of pyridine rings is 1. The van der Waals surface area contributed by atoms with E-state index in [0.717, 1.165) is 6.54 Å². The van der Waals surface area contributed by atoms with Crippen LogP contribution < -0.4 is 0 Å². The van der Waals surface area contributed by atoms with Crippen LogP contribution in [0.4, 0.5) is 0 Å². The van der Waals surface area contributed by atoms with Crippen molar-refractivity contribution >= 4 is 5.52 Å². The molecule has 1 aliphatic rings. The number of rotatable bonds is 1. The van der Waals surface area contributed by atoms with E-state index in [1.807, 2.05) is 6.20 Å². The van der Waals surface area contributed by atoms with Crippen molar-refractivity contribution in [1.82, 2.24) is 14.3 Å². The van der Waals surface area contributed by atoms with Gasteiger partial charge in [-0.1, -0.05) is 0 Å². The molecule has 3 heteroatoms. The fourth-order valence-electron chi connectivity index (χ4n) is 2.58. The number of likely N-dealkylation sites (tertiary alicyclic amines) is 1. The summed E-state index contributed by atoms with van der Waals surface area (Å²) in [5, 5.41) is 0. The number of aromatic nitrogens is 2. The van der Waals surface area contributed by atoms with Crippen molar-refractivity contribution in [2.45, 2.75) is 19.3 Å². The van der Waals surface area contributed by atoms with Crippen molar-refractivity contribution in [1.29, 1.82) is 0 Å². The molecule has 0 amide bonds. The maximum Gasteiger partial charge on any atom is 0.117 e. The Morgan fingerprint density at radius 2 is 2.31 bits per heavy atom. The average molecular weight is 215 g/mol. The van der Waals surface area contributed by atoms with E-state index in [9.17, 15) is 0 Å². The molecule has 0 saturated carbocycles. The van der Waals surface area contributed by atoms with Gasteiger partial charge in [-0.2, -0.15) is 0 Å². The lowest BCUT2D eigenvalue weighted by Crippen LogP contribution is -2.14. The third-order valence-electron chi connectivity index (χ3n) is 3.47. The molecule has 1 atom stereocenters. The number of nitrogens with zero attached hydrogens (tertiary/aromatic N) is 3. The SMILES string of the molecule is Cc1ccn2c(C3CCN(C)C3)ncc2c1. The normalized spacial score (nSPS) is 22.0. The molecule has 0 bridgehead atoms. The van der Waals surface area contributed by atoms with Crippen LogP contribution in [0.5, 0.6) is 0 Å². The zero-order valence-corrected chi connectivity index (χ0v) is 9.85. The van der Waals surface area contributed by atoms with Gasteiger partial charge < -0.3 is 9.30 Å². The second-order valence-corrected chi connectivity index (χ2v) is 4.86. The minimum atomic E-state index is 0.593. The average Bonchev–Trinajstić information content (AvgIpc) is 2.83. The Labute approximate surface area is 95.7 Å². The predicted molar refractivity (Wildman–Crippen MR) is 64.8 cm³/mol.